The summed E-state index contributed by atoms with van der Waals surface area (Å²) in [6.07, 6.45) is 2.08. The van der Waals surface area contributed by atoms with Crippen molar-refractivity contribution in [2.75, 3.05) is 0 Å². The molecule has 0 unspecified atom stereocenters. The second-order valence-electron chi connectivity index (χ2n) is 7.31. The quantitative estimate of drug-likeness (QED) is 0.349. The Morgan fingerprint density at radius 3 is 1.77 bits per heavy atom. The van der Waals surface area contributed by atoms with E-state index in [4.69, 9.17) is 0 Å². The molecule has 0 N–H and O–H groups in total. The lowest BCUT2D eigenvalue weighted by molar-refractivity contribution is 0.675. The van der Waals surface area contributed by atoms with Gasteiger partial charge in [-0.05, 0) is 29.2 Å². The molecule has 0 saturated carbocycles. The van der Waals surface area contributed by atoms with Crippen molar-refractivity contribution < 1.29 is 0 Å². The van der Waals surface area contributed by atoms with Gasteiger partial charge in [0.15, 0.2) is 0 Å². The first-order valence-electron chi connectivity index (χ1n) is 9.37. The maximum absolute atomic E-state index is 4.12. The molecule has 0 amide bonds. The van der Waals surface area contributed by atoms with E-state index in [9.17, 15) is 0 Å². The van der Waals surface area contributed by atoms with Gasteiger partial charge in [-0.3, -0.25) is 0 Å². The number of para-hydroxylation sites is 2. The van der Waals surface area contributed by atoms with E-state index >= 15 is 0 Å². The average molecular weight is 339 g/mol. The highest BCUT2D eigenvalue weighted by Crippen LogP contribution is 2.31. The zero-order valence-corrected chi connectivity index (χ0v) is 15.5. The van der Waals surface area contributed by atoms with Crippen LogP contribution in [-0.4, -0.2) is 4.57 Å². The Morgan fingerprint density at radius 2 is 1.27 bits per heavy atom. The first kappa shape index (κ1) is 16.7. The Bertz CT molecular complexity index is 997. The summed E-state index contributed by atoms with van der Waals surface area (Å²) in [6.45, 7) is 9.49. The molecule has 0 aliphatic rings. The van der Waals surface area contributed by atoms with Crippen LogP contribution >= 0.6 is 0 Å². The molecule has 0 fully saturated rings. The third-order valence-corrected chi connectivity index (χ3v) is 5.37. The maximum atomic E-state index is 4.12. The molecule has 1 nitrogen and oxygen atoms in total. The van der Waals surface area contributed by atoms with E-state index in [0.717, 1.165) is 6.54 Å². The van der Waals surface area contributed by atoms with Crippen molar-refractivity contribution >= 4 is 21.8 Å². The molecule has 26 heavy (non-hydrogen) atoms. The van der Waals surface area contributed by atoms with E-state index < -0.39 is 0 Å². The molecule has 1 heteroatoms. The molecule has 0 saturated heterocycles. The van der Waals surface area contributed by atoms with Gasteiger partial charge in [0.25, 0.3) is 0 Å². The van der Waals surface area contributed by atoms with Crippen molar-refractivity contribution in [1.29, 1.82) is 0 Å². The molecule has 0 spiro atoms. The standard InChI is InChI=1S/C25H25N/c1-4-19(21-15-13-20(14-16-21)18(2)3)17-26-24-11-7-5-9-22(24)23-10-6-8-12-25(23)26/h4-16,18-19H,1,17H2,2-3H3/t19-/m1/s1. The average Bonchev–Trinajstić information content (AvgIpc) is 3.00. The summed E-state index contributed by atoms with van der Waals surface area (Å²) >= 11 is 0. The normalized spacial score (nSPS) is 12.7. The first-order valence-corrected chi connectivity index (χ1v) is 9.37. The fourth-order valence-corrected chi connectivity index (χ4v) is 3.84. The summed E-state index contributed by atoms with van der Waals surface area (Å²) in [5, 5.41) is 2.64. The van der Waals surface area contributed by atoms with Gasteiger partial charge in [0.05, 0.1) is 0 Å². The van der Waals surface area contributed by atoms with Gasteiger partial charge in [-0.15, -0.1) is 6.58 Å². The van der Waals surface area contributed by atoms with E-state index in [1.807, 2.05) is 0 Å². The number of rotatable bonds is 5. The predicted molar refractivity (Wildman–Crippen MR) is 113 cm³/mol. The van der Waals surface area contributed by atoms with Crippen molar-refractivity contribution in [2.45, 2.75) is 32.2 Å². The first-order chi connectivity index (χ1) is 12.7. The van der Waals surface area contributed by atoms with Crippen LogP contribution in [0.2, 0.25) is 0 Å². The minimum absolute atomic E-state index is 0.287. The van der Waals surface area contributed by atoms with E-state index in [2.05, 4.69) is 104 Å². The number of allylic oxidation sites excluding steroid dienone is 1. The molecule has 0 aliphatic heterocycles. The van der Waals surface area contributed by atoms with Gasteiger partial charge in [0.1, 0.15) is 0 Å². The van der Waals surface area contributed by atoms with Crippen molar-refractivity contribution in [1.82, 2.24) is 4.57 Å². The molecule has 3 aromatic carbocycles. The van der Waals surface area contributed by atoms with E-state index in [1.54, 1.807) is 0 Å². The van der Waals surface area contributed by atoms with Crippen LogP contribution in [0.4, 0.5) is 0 Å². The van der Waals surface area contributed by atoms with E-state index in [1.165, 1.54) is 32.9 Å². The third-order valence-electron chi connectivity index (χ3n) is 5.37. The second kappa shape index (κ2) is 6.84. The van der Waals surface area contributed by atoms with Gasteiger partial charge in [-0.25, -0.2) is 0 Å². The van der Waals surface area contributed by atoms with Gasteiger partial charge in [-0.2, -0.15) is 0 Å². The summed E-state index contributed by atoms with van der Waals surface area (Å²) < 4.78 is 2.44. The highest BCUT2D eigenvalue weighted by atomic mass is 15.0. The van der Waals surface area contributed by atoms with Crippen LogP contribution in [0, 0.1) is 0 Å². The zero-order valence-electron chi connectivity index (χ0n) is 15.5. The zero-order chi connectivity index (χ0) is 18.1. The Morgan fingerprint density at radius 1 is 0.769 bits per heavy atom. The van der Waals surface area contributed by atoms with Crippen LogP contribution in [0.5, 0.6) is 0 Å². The predicted octanol–water partition coefficient (Wildman–Crippen LogP) is 6.89. The number of fused-ring (bicyclic) bond motifs is 3. The van der Waals surface area contributed by atoms with Crippen molar-refractivity contribution in [3.63, 3.8) is 0 Å². The third kappa shape index (κ3) is 2.84. The smallest absolute Gasteiger partial charge is 0.0491 e. The highest BCUT2D eigenvalue weighted by molar-refractivity contribution is 6.07. The SMILES string of the molecule is C=C[C@H](Cn1c2ccccc2c2ccccc21)c1ccc(C(C)C)cc1. The summed E-state index contributed by atoms with van der Waals surface area (Å²) in [5.74, 6) is 0.846. The Hall–Kier alpha value is -2.80. The van der Waals surface area contributed by atoms with Gasteiger partial charge in [-0.1, -0.05) is 80.6 Å². The molecular formula is C25H25N. The van der Waals surface area contributed by atoms with Crippen molar-refractivity contribution in [3.8, 4) is 0 Å². The molecule has 0 bridgehead atoms. The molecule has 1 heterocycles. The summed E-state index contributed by atoms with van der Waals surface area (Å²) in [6, 6.07) is 26.4. The van der Waals surface area contributed by atoms with Crippen LogP contribution in [0.3, 0.4) is 0 Å². The summed E-state index contributed by atoms with van der Waals surface area (Å²) in [7, 11) is 0. The van der Waals surface area contributed by atoms with Gasteiger partial charge >= 0.3 is 0 Å². The Labute approximate surface area is 155 Å². The monoisotopic (exact) mass is 339 g/mol. The van der Waals surface area contributed by atoms with Crippen molar-refractivity contribution in [2.24, 2.45) is 0 Å². The van der Waals surface area contributed by atoms with E-state index in [-0.39, 0.29) is 5.92 Å². The molecule has 1 atom stereocenters. The molecule has 1 aromatic heterocycles. The Kier molecular flexibility index (Phi) is 4.38. The molecular weight excluding hydrogens is 314 g/mol. The topological polar surface area (TPSA) is 4.93 Å². The molecule has 4 rings (SSSR count). The van der Waals surface area contributed by atoms with Crippen LogP contribution in [0.25, 0.3) is 21.8 Å². The van der Waals surface area contributed by atoms with Crippen LogP contribution < -0.4 is 0 Å². The minimum Gasteiger partial charge on any atom is -0.340 e. The lowest BCUT2D eigenvalue weighted by Gasteiger charge is -2.17. The maximum Gasteiger partial charge on any atom is 0.0491 e. The number of hydrogen-bond acceptors (Lipinski definition) is 0. The van der Waals surface area contributed by atoms with Gasteiger partial charge < -0.3 is 4.57 Å². The van der Waals surface area contributed by atoms with Crippen LogP contribution in [-0.2, 0) is 6.54 Å². The fraction of sp³-hybridized carbons (Fsp3) is 0.200. The number of benzene rings is 3. The number of hydrogen-bond donors (Lipinski definition) is 0. The summed E-state index contributed by atoms with van der Waals surface area (Å²) in [4.78, 5) is 0. The van der Waals surface area contributed by atoms with E-state index in [0.29, 0.717) is 5.92 Å². The second-order valence-corrected chi connectivity index (χ2v) is 7.31. The van der Waals surface area contributed by atoms with Gasteiger partial charge in [0.2, 0.25) is 0 Å². The summed E-state index contributed by atoms with van der Waals surface area (Å²) in [5.41, 5.74) is 5.29. The van der Waals surface area contributed by atoms with Crippen molar-refractivity contribution in [3.05, 3.63) is 96.6 Å². The lowest BCUT2D eigenvalue weighted by Crippen LogP contribution is -2.07. The fourth-order valence-electron chi connectivity index (χ4n) is 3.84. The largest absolute Gasteiger partial charge is 0.340 e. The minimum atomic E-state index is 0.287. The molecule has 4 aromatic rings. The number of aromatic nitrogens is 1. The van der Waals surface area contributed by atoms with Crippen LogP contribution in [0.1, 0.15) is 36.8 Å². The molecule has 0 aliphatic carbocycles. The lowest BCUT2D eigenvalue weighted by atomic mass is 9.95. The van der Waals surface area contributed by atoms with Crippen LogP contribution in [0.15, 0.2) is 85.5 Å². The molecule has 130 valence electrons. The molecule has 0 radical (unpaired) electrons. The number of nitrogens with zero attached hydrogens (tertiary/aromatic N) is 1. The Balaban J connectivity index is 1.78. The highest BCUT2D eigenvalue weighted by Gasteiger charge is 2.14. The van der Waals surface area contributed by atoms with Gasteiger partial charge in [0, 0.05) is 34.3 Å².